The molecule has 220 valence electrons. The summed E-state index contributed by atoms with van der Waals surface area (Å²) in [6.45, 7) is 5.77. The van der Waals surface area contributed by atoms with Crippen LogP contribution < -0.4 is 36.3 Å². The molecule has 0 atom stereocenters. The topological polar surface area (TPSA) is 51.4 Å². The van der Waals surface area contributed by atoms with Crippen molar-refractivity contribution >= 4 is 22.9 Å². The molecule has 0 bridgehead atoms. The summed E-state index contributed by atoms with van der Waals surface area (Å²) in [7, 11) is 1.63. The number of nitrogens with zero attached hydrogens (tertiary/aromatic N) is 1. The van der Waals surface area contributed by atoms with Crippen LogP contribution in [0.1, 0.15) is 105 Å². The third kappa shape index (κ3) is 12.0. The van der Waals surface area contributed by atoms with E-state index in [1.54, 1.807) is 18.4 Å². The van der Waals surface area contributed by atoms with Crippen molar-refractivity contribution in [3.8, 4) is 11.5 Å². The molecular formula is C33H47BrN2O3S. The molecule has 2 aromatic carbocycles. The standard InChI is InChI=1S/C33H46N2O3S.BrH/c1-4-5-6-7-8-9-10-11-12-13-14-15-23-38-32-30(17-16-18-31(32)37-3)34-33(36)29-21-19-28(20-22-29)25-35-24-27(2)39-26-35;/h16-22,24,26H,4-15,23,25H2,1-3H3;1H. The minimum atomic E-state index is -0.163. The van der Waals surface area contributed by atoms with Gasteiger partial charge in [-0.2, -0.15) is 4.57 Å². The fourth-order valence-electron chi connectivity index (χ4n) is 4.74. The summed E-state index contributed by atoms with van der Waals surface area (Å²) in [5.41, 5.74) is 4.51. The van der Waals surface area contributed by atoms with Crippen molar-refractivity contribution in [2.75, 3.05) is 19.0 Å². The third-order valence-corrected chi connectivity index (χ3v) is 7.85. The predicted molar refractivity (Wildman–Crippen MR) is 162 cm³/mol. The van der Waals surface area contributed by atoms with Crippen molar-refractivity contribution in [1.82, 2.24) is 0 Å². The molecule has 1 N–H and O–H groups in total. The van der Waals surface area contributed by atoms with Gasteiger partial charge in [0.15, 0.2) is 24.2 Å². The van der Waals surface area contributed by atoms with Crippen LogP contribution in [0.5, 0.6) is 11.5 Å². The number of aromatic nitrogens is 1. The number of ether oxygens (including phenoxy) is 2. The number of amides is 1. The van der Waals surface area contributed by atoms with E-state index in [0.717, 1.165) is 24.9 Å². The van der Waals surface area contributed by atoms with Gasteiger partial charge >= 0.3 is 0 Å². The van der Waals surface area contributed by atoms with Gasteiger partial charge < -0.3 is 31.8 Å². The summed E-state index contributed by atoms with van der Waals surface area (Å²) in [6.07, 6.45) is 17.8. The number of aryl methyl sites for hydroxylation is 1. The highest BCUT2D eigenvalue weighted by Gasteiger charge is 2.15. The summed E-state index contributed by atoms with van der Waals surface area (Å²) in [5.74, 6) is 1.06. The largest absolute Gasteiger partial charge is 1.00 e. The second-order valence-corrected chi connectivity index (χ2v) is 11.5. The molecule has 3 aromatic rings. The van der Waals surface area contributed by atoms with Crippen LogP contribution in [0.25, 0.3) is 0 Å². The van der Waals surface area contributed by atoms with Gasteiger partial charge in [-0.1, -0.05) is 107 Å². The summed E-state index contributed by atoms with van der Waals surface area (Å²) in [4.78, 5) is 14.3. The summed E-state index contributed by atoms with van der Waals surface area (Å²) in [6, 6.07) is 13.4. The zero-order chi connectivity index (χ0) is 27.7. The number of para-hydroxylation sites is 1. The monoisotopic (exact) mass is 630 g/mol. The van der Waals surface area contributed by atoms with E-state index in [4.69, 9.17) is 9.47 Å². The highest BCUT2D eigenvalue weighted by atomic mass is 79.9. The van der Waals surface area contributed by atoms with Gasteiger partial charge in [-0.25, -0.2) is 0 Å². The molecule has 1 aromatic heterocycles. The van der Waals surface area contributed by atoms with Gasteiger partial charge in [-0.3, -0.25) is 4.79 Å². The Balaban J connectivity index is 0.00000560. The van der Waals surface area contributed by atoms with Gasteiger partial charge in [0, 0.05) is 11.1 Å². The van der Waals surface area contributed by atoms with Crippen LogP contribution in [0.3, 0.4) is 0 Å². The van der Waals surface area contributed by atoms with Crippen molar-refractivity contribution in [3.63, 3.8) is 0 Å². The first-order valence-corrected chi connectivity index (χ1v) is 15.6. The lowest BCUT2D eigenvalue weighted by Gasteiger charge is -2.16. The average Bonchev–Trinajstić information content (AvgIpc) is 3.36. The Hall–Kier alpha value is -2.38. The van der Waals surface area contributed by atoms with E-state index in [0.29, 0.717) is 29.4 Å². The molecule has 0 radical (unpaired) electrons. The van der Waals surface area contributed by atoms with Crippen LogP contribution in [0.4, 0.5) is 5.69 Å². The van der Waals surface area contributed by atoms with Crippen molar-refractivity contribution < 1.29 is 35.8 Å². The predicted octanol–water partition coefficient (Wildman–Crippen LogP) is 5.74. The first-order valence-electron chi connectivity index (χ1n) is 14.7. The molecule has 5 nitrogen and oxygen atoms in total. The molecule has 3 rings (SSSR count). The van der Waals surface area contributed by atoms with Crippen molar-refractivity contribution in [2.24, 2.45) is 0 Å². The Morgan fingerprint density at radius 2 is 1.50 bits per heavy atom. The number of carbonyl (C=O) groups excluding carboxylic acids is 1. The quantitative estimate of drug-likeness (QED) is 0.136. The first-order chi connectivity index (χ1) is 19.1. The molecular weight excluding hydrogens is 584 g/mol. The lowest BCUT2D eigenvalue weighted by atomic mass is 10.1. The molecule has 0 fully saturated rings. The molecule has 0 spiro atoms. The Bertz CT molecular complexity index is 1120. The number of halogens is 1. The lowest BCUT2D eigenvalue weighted by Crippen LogP contribution is -3.00. The van der Waals surface area contributed by atoms with Crippen LogP contribution >= 0.6 is 11.3 Å². The number of benzene rings is 2. The van der Waals surface area contributed by atoms with Crippen molar-refractivity contribution in [2.45, 2.75) is 97.4 Å². The Morgan fingerprint density at radius 3 is 2.08 bits per heavy atom. The van der Waals surface area contributed by atoms with E-state index >= 15 is 0 Å². The second kappa shape index (κ2) is 19.7. The Morgan fingerprint density at radius 1 is 0.875 bits per heavy atom. The molecule has 7 heteroatoms. The Kier molecular flexibility index (Phi) is 16.6. The number of nitrogens with one attached hydrogen (secondary N) is 1. The van der Waals surface area contributed by atoms with Gasteiger partial charge in [0.25, 0.3) is 5.91 Å². The smallest absolute Gasteiger partial charge is 0.255 e. The van der Waals surface area contributed by atoms with Crippen molar-refractivity contribution in [3.05, 3.63) is 70.2 Å². The van der Waals surface area contributed by atoms with E-state index in [1.807, 2.05) is 42.5 Å². The fraction of sp³-hybridized carbons (Fsp3) is 0.515. The normalized spacial score (nSPS) is 10.7. The number of unbranched alkanes of at least 4 members (excludes halogenated alkanes) is 11. The number of methoxy groups -OCH3 is 1. The molecule has 0 aliphatic rings. The van der Waals surface area contributed by atoms with E-state index in [-0.39, 0.29) is 22.9 Å². The van der Waals surface area contributed by atoms with Crippen LogP contribution in [0, 0.1) is 6.92 Å². The number of thiazole rings is 1. The number of carbonyl (C=O) groups is 1. The lowest BCUT2D eigenvalue weighted by molar-refractivity contribution is -0.683. The maximum absolute atomic E-state index is 13.0. The van der Waals surface area contributed by atoms with E-state index in [1.165, 1.54) is 69.1 Å². The minimum absolute atomic E-state index is 0. The summed E-state index contributed by atoms with van der Waals surface area (Å²) in [5, 5.41) is 3.02. The number of hydrogen-bond donors (Lipinski definition) is 1. The molecule has 1 amide bonds. The van der Waals surface area contributed by atoms with E-state index in [9.17, 15) is 4.79 Å². The maximum atomic E-state index is 13.0. The SMILES string of the molecule is CCCCCCCCCCCCCCOc1c(NC(=O)c2ccc(C[n+]3csc(C)c3)cc2)cccc1OC.[Br-]. The van der Waals surface area contributed by atoms with E-state index in [2.05, 4.69) is 35.4 Å². The van der Waals surface area contributed by atoms with Crippen molar-refractivity contribution in [1.29, 1.82) is 0 Å². The highest BCUT2D eigenvalue weighted by Crippen LogP contribution is 2.35. The summed E-state index contributed by atoms with van der Waals surface area (Å²) >= 11 is 1.73. The van der Waals surface area contributed by atoms with Gasteiger partial charge in [-0.15, -0.1) is 0 Å². The van der Waals surface area contributed by atoms with Crippen LogP contribution in [0.2, 0.25) is 0 Å². The van der Waals surface area contributed by atoms with E-state index < -0.39 is 0 Å². The molecule has 0 saturated carbocycles. The third-order valence-electron chi connectivity index (χ3n) is 6.99. The van der Waals surface area contributed by atoms with Gasteiger partial charge in [-0.05, 0) is 37.6 Å². The molecule has 1 heterocycles. The fourth-order valence-corrected chi connectivity index (χ4v) is 5.37. The second-order valence-electron chi connectivity index (χ2n) is 10.4. The Labute approximate surface area is 256 Å². The van der Waals surface area contributed by atoms with Gasteiger partial charge in [0.1, 0.15) is 0 Å². The highest BCUT2D eigenvalue weighted by molar-refractivity contribution is 7.09. The van der Waals surface area contributed by atoms with Crippen LogP contribution in [-0.4, -0.2) is 19.6 Å². The molecule has 0 unspecified atom stereocenters. The van der Waals surface area contributed by atoms with Gasteiger partial charge in [0.2, 0.25) is 5.51 Å². The average molecular weight is 632 g/mol. The molecule has 0 saturated heterocycles. The number of rotatable bonds is 19. The maximum Gasteiger partial charge on any atom is 0.255 e. The first kappa shape index (κ1) is 33.8. The number of hydrogen-bond acceptors (Lipinski definition) is 4. The number of anilines is 1. The molecule has 0 aliphatic heterocycles. The molecule has 0 aliphatic carbocycles. The minimum Gasteiger partial charge on any atom is -1.00 e. The molecule has 40 heavy (non-hydrogen) atoms. The van der Waals surface area contributed by atoms with Crippen LogP contribution in [0.15, 0.2) is 54.2 Å². The zero-order valence-electron chi connectivity index (χ0n) is 24.6. The van der Waals surface area contributed by atoms with Gasteiger partial charge in [0.05, 0.1) is 24.3 Å². The summed E-state index contributed by atoms with van der Waals surface area (Å²) < 4.78 is 13.8. The zero-order valence-corrected chi connectivity index (χ0v) is 27.0. The van der Waals surface area contributed by atoms with Crippen LogP contribution in [-0.2, 0) is 6.54 Å².